The molecule has 0 radical (unpaired) electrons. The van der Waals surface area contributed by atoms with Crippen molar-refractivity contribution in [2.24, 2.45) is 0 Å². The van der Waals surface area contributed by atoms with Gasteiger partial charge in [0.05, 0.1) is 17.6 Å². The first-order chi connectivity index (χ1) is 11.8. The number of hydrogen-bond acceptors (Lipinski definition) is 7. The van der Waals surface area contributed by atoms with Crippen LogP contribution in [-0.4, -0.2) is 25.1 Å². The van der Waals surface area contributed by atoms with Crippen molar-refractivity contribution in [3.63, 3.8) is 0 Å². The van der Waals surface area contributed by atoms with Crippen LogP contribution >= 0.6 is 11.6 Å². The van der Waals surface area contributed by atoms with E-state index in [4.69, 9.17) is 16.3 Å². The Kier molecular flexibility index (Phi) is 4.53. The first kappa shape index (κ1) is 17.1. The Morgan fingerprint density at radius 1 is 1.16 bits per heavy atom. The molecule has 3 aromatic rings. The molecule has 11 heteroatoms. The zero-order valence-electron chi connectivity index (χ0n) is 12.6. The van der Waals surface area contributed by atoms with Gasteiger partial charge in [0.1, 0.15) is 11.8 Å². The fourth-order valence-corrected chi connectivity index (χ4v) is 1.99. The summed E-state index contributed by atoms with van der Waals surface area (Å²) in [6, 6.07) is 2.94. The van der Waals surface area contributed by atoms with Crippen molar-refractivity contribution in [3.05, 3.63) is 47.0 Å². The predicted molar refractivity (Wildman–Crippen MR) is 78.6 cm³/mol. The van der Waals surface area contributed by atoms with Crippen LogP contribution in [0.3, 0.4) is 0 Å². The van der Waals surface area contributed by atoms with E-state index in [9.17, 15) is 13.2 Å². The van der Waals surface area contributed by atoms with E-state index in [1.807, 2.05) is 0 Å². The van der Waals surface area contributed by atoms with E-state index in [1.54, 1.807) is 6.92 Å². The SMILES string of the molecule is Cc1nc(Cl)cnc1COc1ccc(-c2noc(C(F)(F)F)n2)cn1. The molecule has 0 N–H and O–H groups in total. The quantitative estimate of drug-likeness (QED) is 0.693. The van der Waals surface area contributed by atoms with Crippen molar-refractivity contribution in [1.29, 1.82) is 0 Å². The van der Waals surface area contributed by atoms with E-state index < -0.39 is 12.1 Å². The lowest BCUT2D eigenvalue weighted by atomic mass is 10.3. The molecule has 0 amide bonds. The second-order valence-corrected chi connectivity index (χ2v) is 5.21. The molecule has 0 spiro atoms. The van der Waals surface area contributed by atoms with Crippen LogP contribution in [0.2, 0.25) is 5.15 Å². The molecule has 0 aliphatic rings. The Hall–Kier alpha value is -2.75. The highest BCUT2D eigenvalue weighted by Crippen LogP contribution is 2.29. The van der Waals surface area contributed by atoms with Crippen LogP contribution in [0.4, 0.5) is 13.2 Å². The van der Waals surface area contributed by atoms with Gasteiger partial charge in [-0.3, -0.25) is 4.98 Å². The van der Waals surface area contributed by atoms with Crippen LogP contribution in [-0.2, 0) is 12.8 Å². The van der Waals surface area contributed by atoms with Crippen molar-refractivity contribution in [3.8, 4) is 17.3 Å². The molecule has 0 bridgehead atoms. The van der Waals surface area contributed by atoms with E-state index in [1.165, 1.54) is 24.5 Å². The number of pyridine rings is 1. The second kappa shape index (κ2) is 6.63. The summed E-state index contributed by atoms with van der Waals surface area (Å²) in [7, 11) is 0. The van der Waals surface area contributed by atoms with E-state index in [2.05, 4.69) is 29.6 Å². The molecule has 0 aliphatic carbocycles. The van der Waals surface area contributed by atoms with Gasteiger partial charge in [-0.05, 0) is 13.0 Å². The molecule has 0 atom stereocenters. The van der Waals surface area contributed by atoms with Gasteiger partial charge in [0.2, 0.25) is 11.7 Å². The summed E-state index contributed by atoms with van der Waals surface area (Å²) in [4.78, 5) is 15.4. The second-order valence-electron chi connectivity index (χ2n) is 4.82. The maximum absolute atomic E-state index is 12.4. The minimum absolute atomic E-state index is 0.114. The molecule has 130 valence electrons. The number of rotatable bonds is 4. The Morgan fingerprint density at radius 3 is 2.56 bits per heavy atom. The Morgan fingerprint density at radius 2 is 1.96 bits per heavy atom. The lowest BCUT2D eigenvalue weighted by Gasteiger charge is -2.07. The first-order valence-electron chi connectivity index (χ1n) is 6.81. The van der Waals surface area contributed by atoms with Gasteiger partial charge in [0.15, 0.2) is 0 Å². The summed E-state index contributed by atoms with van der Waals surface area (Å²) in [5.74, 6) is -1.38. The molecule has 0 saturated heterocycles. The number of halogens is 4. The summed E-state index contributed by atoms with van der Waals surface area (Å²) in [6.45, 7) is 1.85. The van der Waals surface area contributed by atoms with E-state index in [0.29, 0.717) is 11.4 Å². The molecular weight excluding hydrogens is 363 g/mol. The van der Waals surface area contributed by atoms with Gasteiger partial charge >= 0.3 is 12.1 Å². The highest BCUT2D eigenvalue weighted by molar-refractivity contribution is 6.29. The van der Waals surface area contributed by atoms with Crippen molar-refractivity contribution >= 4 is 11.6 Å². The Labute approximate surface area is 143 Å². The number of alkyl halides is 3. The first-order valence-corrected chi connectivity index (χ1v) is 7.19. The number of aromatic nitrogens is 5. The Balaban J connectivity index is 1.69. The lowest BCUT2D eigenvalue weighted by Crippen LogP contribution is -2.05. The maximum Gasteiger partial charge on any atom is 0.471 e. The van der Waals surface area contributed by atoms with E-state index in [-0.39, 0.29) is 29.0 Å². The summed E-state index contributed by atoms with van der Waals surface area (Å²) in [6.07, 6.45) is -2.02. The van der Waals surface area contributed by atoms with Crippen LogP contribution in [0, 0.1) is 6.92 Å². The number of ether oxygens (including phenoxy) is 1. The van der Waals surface area contributed by atoms with E-state index in [0.717, 1.165) is 0 Å². The van der Waals surface area contributed by atoms with Crippen LogP contribution in [0.1, 0.15) is 17.3 Å². The van der Waals surface area contributed by atoms with Gasteiger partial charge in [-0.1, -0.05) is 16.8 Å². The van der Waals surface area contributed by atoms with Gasteiger partial charge < -0.3 is 9.26 Å². The average molecular weight is 372 g/mol. The summed E-state index contributed by atoms with van der Waals surface area (Å²) < 4.78 is 47.0. The van der Waals surface area contributed by atoms with Crippen molar-refractivity contribution in [2.45, 2.75) is 19.7 Å². The summed E-state index contributed by atoms with van der Waals surface area (Å²) >= 11 is 5.72. The molecule has 3 heterocycles. The minimum atomic E-state index is -4.70. The molecule has 0 fully saturated rings. The average Bonchev–Trinajstić information content (AvgIpc) is 3.05. The third-order valence-electron chi connectivity index (χ3n) is 3.04. The highest BCUT2D eigenvalue weighted by atomic mass is 35.5. The molecule has 3 rings (SSSR count). The molecular formula is C14H9ClF3N5O2. The van der Waals surface area contributed by atoms with Crippen LogP contribution in [0.5, 0.6) is 5.88 Å². The standard InChI is InChI=1S/C14H9ClF3N5O2/c1-7-9(19-5-10(15)21-7)6-24-11-3-2-8(4-20-11)12-22-13(25-23-12)14(16,17)18/h2-5H,6H2,1H3. The monoisotopic (exact) mass is 371 g/mol. The number of hydrogen-bond donors (Lipinski definition) is 0. The topological polar surface area (TPSA) is 86.8 Å². The van der Waals surface area contributed by atoms with Gasteiger partial charge in [-0.2, -0.15) is 18.2 Å². The third-order valence-corrected chi connectivity index (χ3v) is 3.22. The van der Waals surface area contributed by atoms with Crippen LogP contribution < -0.4 is 4.74 Å². The van der Waals surface area contributed by atoms with E-state index >= 15 is 0 Å². The summed E-state index contributed by atoms with van der Waals surface area (Å²) in [5, 5.41) is 3.56. The molecule has 0 saturated carbocycles. The zero-order chi connectivity index (χ0) is 18.0. The number of aryl methyl sites for hydroxylation is 1. The van der Waals surface area contributed by atoms with Gasteiger partial charge in [-0.15, -0.1) is 0 Å². The van der Waals surface area contributed by atoms with Crippen molar-refractivity contribution in [2.75, 3.05) is 0 Å². The molecule has 0 unspecified atom stereocenters. The summed E-state index contributed by atoms with van der Waals surface area (Å²) in [5.41, 5.74) is 1.47. The normalized spacial score (nSPS) is 11.6. The lowest BCUT2D eigenvalue weighted by molar-refractivity contribution is -0.159. The molecule has 25 heavy (non-hydrogen) atoms. The maximum atomic E-state index is 12.4. The zero-order valence-corrected chi connectivity index (χ0v) is 13.3. The molecule has 7 nitrogen and oxygen atoms in total. The van der Waals surface area contributed by atoms with Gasteiger partial charge in [0.25, 0.3) is 0 Å². The largest absolute Gasteiger partial charge is 0.471 e. The fraction of sp³-hybridized carbons (Fsp3) is 0.214. The van der Waals surface area contributed by atoms with Gasteiger partial charge in [-0.25, -0.2) is 9.97 Å². The van der Waals surface area contributed by atoms with Crippen molar-refractivity contribution < 1.29 is 22.4 Å². The molecule has 0 aromatic carbocycles. The van der Waals surface area contributed by atoms with Gasteiger partial charge in [0, 0.05) is 17.8 Å². The molecule has 3 aromatic heterocycles. The highest BCUT2D eigenvalue weighted by Gasteiger charge is 2.38. The molecule has 0 aliphatic heterocycles. The Bertz CT molecular complexity index is 883. The smallest absolute Gasteiger partial charge is 0.471 e. The fourth-order valence-electron chi connectivity index (χ4n) is 1.82. The predicted octanol–water partition coefficient (Wildman–Crippen LogP) is 3.48. The third kappa shape index (κ3) is 4.02. The number of nitrogens with zero attached hydrogens (tertiary/aromatic N) is 5. The van der Waals surface area contributed by atoms with Crippen LogP contribution in [0.15, 0.2) is 29.0 Å². The van der Waals surface area contributed by atoms with Crippen LogP contribution in [0.25, 0.3) is 11.4 Å². The van der Waals surface area contributed by atoms with Crippen molar-refractivity contribution in [1.82, 2.24) is 25.1 Å². The minimum Gasteiger partial charge on any atom is -0.471 e.